The Balaban J connectivity index is 0. The minimum atomic E-state index is -1.81. The summed E-state index contributed by atoms with van der Waals surface area (Å²) in [5, 5.41) is 7.07. The third kappa shape index (κ3) is 3630. The van der Waals surface area contributed by atoms with Crippen molar-refractivity contribution in [3.05, 3.63) is 0 Å². The van der Waals surface area contributed by atoms with Crippen LogP contribution in [0.3, 0.4) is 0 Å². The Kier molecular flexibility index (Phi) is 30.6. The predicted octanol–water partition coefficient (Wildman–Crippen LogP) is -0.134. The Bertz CT molecular complexity index is 36.8. The van der Waals surface area contributed by atoms with Crippen molar-refractivity contribution in [3.8, 4) is 0 Å². The Morgan fingerprint density at radius 1 is 1.67 bits per heavy atom. The van der Waals surface area contributed by atoms with Crippen molar-refractivity contribution in [1.29, 1.82) is 0 Å². The van der Waals surface area contributed by atoms with E-state index in [9.17, 15) is 0 Å². The van der Waals surface area contributed by atoms with E-state index in [0.717, 1.165) is 0 Å². The second kappa shape index (κ2) is 19.4. The molecular weight excluding hydrogens is 127 g/mol. The molecule has 5 heteroatoms. The standard InChI is InChI=1S/CH4O2.2O.V/c1-3-2;;;/h2H,1H3;;;. The Morgan fingerprint density at radius 2 is 1.67 bits per heavy atom. The summed E-state index contributed by atoms with van der Waals surface area (Å²) in [6.45, 7) is 0. The van der Waals surface area contributed by atoms with Crippen LogP contribution in [-0.4, -0.2) is 12.4 Å². The third-order valence-electron chi connectivity index (χ3n) is 0. The van der Waals surface area contributed by atoms with Crippen molar-refractivity contribution in [2.75, 3.05) is 7.11 Å². The van der Waals surface area contributed by atoms with Crippen LogP contribution in [0.2, 0.25) is 0 Å². The summed E-state index contributed by atoms with van der Waals surface area (Å²) in [6, 6.07) is 0. The maximum atomic E-state index is 8.47. The number of hydrogen-bond acceptors (Lipinski definition) is 4. The average Bonchev–Trinajstić information content (AvgIpc) is 1.39. The van der Waals surface area contributed by atoms with Crippen LogP contribution in [-0.2, 0) is 28.4 Å². The van der Waals surface area contributed by atoms with Gasteiger partial charge in [0, 0.05) is 0 Å². The van der Waals surface area contributed by atoms with E-state index in [1.165, 1.54) is 7.11 Å². The van der Waals surface area contributed by atoms with Crippen LogP contribution in [0.4, 0.5) is 0 Å². The van der Waals surface area contributed by atoms with Crippen LogP contribution >= 0.6 is 0 Å². The summed E-state index contributed by atoms with van der Waals surface area (Å²) in [4.78, 5) is 3.25. The van der Waals surface area contributed by atoms with E-state index in [4.69, 9.17) is 12.6 Å². The topological polar surface area (TPSA) is 63.6 Å². The molecule has 1 N–H and O–H groups in total. The first kappa shape index (κ1) is 9.44. The molecule has 0 aromatic carbocycles. The van der Waals surface area contributed by atoms with E-state index in [1.807, 2.05) is 0 Å². The van der Waals surface area contributed by atoms with Crippen molar-refractivity contribution in [3.63, 3.8) is 0 Å². The first-order valence-electron chi connectivity index (χ1n) is 0.956. The summed E-state index contributed by atoms with van der Waals surface area (Å²) in [7, 11) is 1.18. The fourth-order valence-electron chi connectivity index (χ4n) is 0. The third-order valence-corrected chi connectivity index (χ3v) is 0. The molecule has 0 atom stereocenters. The molecule has 0 heterocycles. The summed E-state index contributed by atoms with van der Waals surface area (Å²) in [5.74, 6) is 0. The van der Waals surface area contributed by atoms with Gasteiger partial charge in [-0.25, -0.2) is 4.89 Å². The van der Waals surface area contributed by atoms with Gasteiger partial charge in [-0.05, 0) is 0 Å². The minimum absolute atomic E-state index is 1.18. The van der Waals surface area contributed by atoms with E-state index in [0.29, 0.717) is 0 Å². The molecule has 0 radical (unpaired) electrons. The molecule has 0 aromatic rings. The quantitative estimate of drug-likeness (QED) is 0.367. The molecule has 0 amide bonds. The fourth-order valence-corrected chi connectivity index (χ4v) is 0. The van der Waals surface area contributed by atoms with E-state index >= 15 is 0 Å². The van der Waals surface area contributed by atoms with Gasteiger partial charge in [0.2, 0.25) is 0 Å². The molecule has 0 bridgehead atoms. The summed E-state index contributed by atoms with van der Waals surface area (Å²) in [5.41, 5.74) is 0. The van der Waals surface area contributed by atoms with Gasteiger partial charge in [-0.2, -0.15) is 0 Å². The van der Waals surface area contributed by atoms with Crippen molar-refractivity contribution in [2.45, 2.75) is 0 Å². The average molecular weight is 131 g/mol. The van der Waals surface area contributed by atoms with Crippen LogP contribution in [0.25, 0.3) is 0 Å². The second-order valence-electron chi connectivity index (χ2n) is 0.257. The van der Waals surface area contributed by atoms with E-state index in [2.05, 4.69) is 4.89 Å². The van der Waals surface area contributed by atoms with Gasteiger partial charge in [0.1, 0.15) is 0 Å². The molecule has 0 rings (SSSR count). The molecule has 0 aliphatic heterocycles. The number of rotatable bonds is 0. The van der Waals surface area contributed by atoms with Crippen molar-refractivity contribution in [1.82, 2.24) is 0 Å². The van der Waals surface area contributed by atoms with E-state index < -0.39 is 16.2 Å². The monoisotopic (exact) mass is 131 g/mol. The maximum absolute atomic E-state index is 8.47. The van der Waals surface area contributed by atoms with Crippen LogP contribution in [0.5, 0.6) is 0 Å². The Labute approximate surface area is 41.6 Å². The molecule has 0 fully saturated rings. The molecule has 0 aliphatic rings. The molecule has 4 nitrogen and oxygen atoms in total. The van der Waals surface area contributed by atoms with Gasteiger partial charge in [0.05, 0.1) is 7.11 Å². The summed E-state index contributed by atoms with van der Waals surface area (Å²) >= 11 is -1.81. The van der Waals surface area contributed by atoms with Crippen LogP contribution in [0.15, 0.2) is 0 Å². The zero-order chi connectivity index (χ0) is 5.41. The molecule has 0 aliphatic carbocycles. The Morgan fingerprint density at radius 3 is 1.67 bits per heavy atom. The summed E-state index contributed by atoms with van der Waals surface area (Å²) in [6.07, 6.45) is 0. The molecular formula is CH4O4V. The summed E-state index contributed by atoms with van der Waals surface area (Å²) < 4.78 is 16.9. The second-order valence-corrected chi connectivity index (χ2v) is 0.490. The van der Waals surface area contributed by atoms with Gasteiger partial charge < -0.3 is 0 Å². The van der Waals surface area contributed by atoms with Crippen LogP contribution in [0, 0.1) is 0 Å². The molecule has 0 saturated carbocycles. The van der Waals surface area contributed by atoms with Crippen molar-refractivity contribution < 1.29 is 33.7 Å². The van der Waals surface area contributed by atoms with Crippen LogP contribution in [0.1, 0.15) is 0 Å². The molecule has 6 heavy (non-hydrogen) atoms. The van der Waals surface area contributed by atoms with Gasteiger partial charge >= 0.3 is 23.5 Å². The van der Waals surface area contributed by atoms with E-state index in [1.54, 1.807) is 0 Å². The molecule has 37 valence electrons. The van der Waals surface area contributed by atoms with Crippen LogP contribution < -0.4 is 0 Å². The van der Waals surface area contributed by atoms with Gasteiger partial charge in [-0.3, -0.25) is 5.26 Å². The Hall–Kier alpha value is 0.104. The SMILES string of the molecule is COO.[O]=[V]=[O]. The zero-order valence-electron chi connectivity index (χ0n) is 3.12. The molecule has 0 aromatic heterocycles. The van der Waals surface area contributed by atoms with E-state index in [-0.39, 0.29) is 0 Å². The first-order valence-corrected chi connectivity index (χ1v) is 2.10. The molecule has 0 unspecified atom stereocenters. The van der Waals surface area contributed by atoms with Gasteiger partial charge in [0.25, 0.3) is 0 Å². The van der Waals surface area contributed by atoms with Gasteiger partial charge in [-0.1, -0.05) is 0 Å². The first-order chi connectivity index (χ1) is 2.83. The molecule has 0 spiro atoms. The van der Waals surface area contributed by atoms with Crippen molar-refractivity contribution in [2.24, 2.45) is 0 Å². The predicted molar refractivity (Wildman–Crippen MR) is 11.0 cm³/mol. The van der Waals surface area contributed by atoms with Crippen molar-refractivity contribution >= 4 is 0 Å². The van der Waals surface area contributed by atoms with Gasteiger partial charge in [0.15, 0.2) is 0 Å². The van der Waals surface area contributed by atoms with Gasteiger partial charge in [-0.15, -0.1) is 0 Å². The number of hydrogen-bond donors (Lipinski definition) is 1. The normalized spacial score (nSPS) is 4.33. The molecule has 0 saturated heterocycles. The fraction of sp³-hybridized carbons (Fsp3) is 1.00. The zero-order valence-corrected chi connectivity index (χ0v) is 4.52.